The van der Waals surface area contributed by atoms with E-state index in [9.17, 15) is 14.3 Å². The lowest BCUT2D eigenvalue weighted by Crippen LogP contribution is -2.47. The molecule has 1 aromatic rings. The molecule has 6 heteroatoms. The Morgan fingerprint density at radius 2 is 1.76 bits per heavy atom. The zero-order chi connectivity index (χ0) is 18.8. The summed E-state index contributed by atoms with van der Waals surface area (Å²) >= 11 is 0. The number of aliphatic hydroxyl groups excluding tert-OH is 1. The first kappa shape index (κ1) is 21.4. The van der Waals surface area contributed by atoms with Crippen molar-refractivity contribution in [2.75, 3.05) is 26.2 Å². The maximum atomic E-state index is 13.6. The van der Waals surface area contributed by atoms with Crippen LogP contribution in [0.25, 0.3) is 0 Å². The average molecular weight is 353 g/mol. The van der Waals surface area contributed by atoms with E-state index in [2.05, 4.69) is 43.2 Å². The zero-order valence-electron chi connectivity index (χ0n) is 15.8. The Morgan fingerprint density at radius 1 is 1.16 bits per heavy atom. The van der Waals surface area contributed by atoms with Crippen molar-refractivity contribution in [3.63, 3.8) is 0 Å². The van der Waals surface area contributed by atoms with E-state index in [-0.39, 0.29) is 24.2 Å². The second-order valence-corrected chi connectivity index (χ2v) is 6.63. The molecule has 0 fully saturated rings. The second-order valence-electron chi connectivity index (χ2n) is 6.63. The summed E-state index contributed by atoms with van der Waals surface area (Å²) < 4.78 is 13.6. The minimum atomic E-state index is -1.07. The first-order chi connectivity index (χ1) is 11.9. The average Bonchev–Trinajstić information content (AvgIpc) is 2.58. The number of benzene rings is 1. The highest BCUT2D eigenvalue weighted by Gasteiger charge is 2.18. The van der Waals surface area contributed by atoms with Crippen LogP contribution in [0.2, 0.25) is 0 Å². The number of aliphatic hydroxyl groups is 1. The molecular weight excluding hydrogens is 321 g/mol. The van der Waals surface area contributed by atoms with E-state index >= 15 is 0 Å². The number of carbonyl (C=O) groups is 1. The first-order valence-corrected chi connectivity index (χ1v) is 9.07. The molecule has 25 heavy (non-hydrogen) atoms. The van der Waals surface area contributed by atoms with Gasteiger partial charge in [0.15, 0.2) is 0 Å². The van der Waals surface area contributed by atoms with Crippen molar-refractivity contribution >= 4 is 6.03 Å². The molecule has 2 amide bonds. The van der Waals surface area contributed by atoms with E-state index in [0.717, 1.165) is 19.5 Å². The fourth-order valence-corrected chi connectivity index (χ4v) is 2.96. The molecule has 3 N–H and O–H groups in total. The summed E-state index contributed by atoms with van der Waals surface area (Å²) in [6, 6.07) is 5.95. The molecule has 0 spiro atoms. The molecule has 0 aromatic heterocycles. The van der Waals surface area contributed by atoms with Crippen LogP contribution in [0, 0.1) is 11.7 Å². The number of hydrogen-bond acceptors (Lipinski definition) is 3. The number of likely N-dealkylation sites (N-methyl/N-ethyl adjacent to an activating group) is 1. The van der Waals surface area contributed by atoms with E-state index < -0.39 is 11.9 Å². The molecule has 5 nitrogen and oxygen atoms in total. The lowest BCUT2D eigenvalue weighted by molar-refractivity contribution is 0.165. The number of urea groups is 1. The predicted molar refractivity (Wildman–Crippen MR) is 98.9 cm³/mol. The molecule has 0 bridgehead atoms. The lowest BCUT2D eigenvalue weighted by Gasteiger charge is -2.31. The third-order valence-electron chi connectivity index (χ3n) is 4.29. The highest BCUT2D eigenvalue weighted by atomic mass is 19.1. The summed E-state index contributed by atoms with van der Waals surface area (Å²) in [5.41, 5.74) is 0.184. The van der Waals surface area contributed by atoms with E-state index in [1.54, 1.807) is 12.1 Å². The summed E-state index contributed by atoms with van der Waals surface area (Å²) in [7, 11) is 0. The number of hydrogen-bond donors (Lipinski definition) is 3. The zero-order valence-corrected chi connectivity index (χ0v) is 15.8. The maximum absolute atomic E-state index is 13.6. The van der Waals surface area contributed by atoms with E-state index in [0.29, 0.717) is 12.5 Å². The smallest absolute Gasteiger partial charge is 0.314 e. The molecule has 0 heterocycles. The molecule has 142 valence electrons. The summed E-state index contributed by atoms with van der Waals surface area (Å²) in [5, 5.41) is 15.5. The molecule has 2 unspecified atom stereocenters. The van der Waals surface area contributed by atoms with Gasteiger partial charge in [0.25, 0.3) is 0 Å². The SMILES string of the molecule is CCN(CC)C(CNC(=O)NCC(O)c1ccccc1F)CC(C)C. The fourth-order valence-electron chi connectivity index (χ4n) is 2.96. The summed E-state index contributed by atoms with van der Waals surface area (Å²) in [4.78, 5) is 14.3. The highest BCUT2D eigenvalue weighted by molar-refractivity contribution is 5.73. The van der Waals surface area contributed by atoms with Gasteiger partial charge in [0.05, 0.1) is 6.10 Å². The minimum absolute atomic E-state index is 0.0348. The van der Waals surface area contributed by atoms with Gasteiger partial charge in [-0.25, -0.2) is 9.18 Å². The van der Waals surface area contributed by atoms with Gasteiger partial charge in [0.1, 0.15) is 5.82 Å². The van der Waals surface area contributed by atoms with Gasteiger partial charge < -0.3 is 15.7 Å². The topological polar surface area (TPSA) is 64.6 Å². The molecule has 0 aliphatic carbocycles. The molecule has 1 aromatic carbocycles. The Balaban J connectivity index is 2.48. The van der Waals surface area contributed by atoms with E-state index in [1.807, 2.05) is 0 Å². The van der Waals surface area contributed by atoms with Crippen molar-refractivity contribution in [3.8, 4) is 0 Å². The molecule has 0 aliphatic rings. The van der Waals surface area contributed by atoms with Gasteiger partial charge in [0, 0.05) is 24.7 Å². The van der Waals surface area contributed by atoms with Crippen molar-refractivity contribution in [2.45, 2.75) is 46.3 Å². The summed E-state index contributed by atoms with van der Waals surface area (Å²) in [6.45, 7) is 10.9. The number of carbonyl (C=O) groups excluding carboxylic acids is 1. The van der Waals surface area contributed by atoms with Gasteiger partial charge in [-0.2, -0.15) is 0 Å². The van der Waals surface area contributed by atoms with E-state index in [1.165, 1.54) is 12.1 Å². The molecule has 2 atom stereocenters. The number of rotatable bonds is 10. The van der Waals surface area contributed by atoms with Gasteiger partial charge in [-0.3, -0.25) is 4.90 Å². The normalized spacial score (nSPS) is 13.8. The molecule has 0 saturated heterocycles. The van der Waals surface area contributed by atoms with Crippen LogP contribution in [0.1, 0.15) is 45.8 Å². The molecular formula is C19H32FN3O2. The number of halogens is 1. The quantitative estimate of drug-likeness (QED) is 0.606. The van der Waals surface area contributed by atoms with Gasteiger partial charge in [-0.05, 0) is 31.5 Å². The molecule has 0 saturated carbocycles. The van der Waals surface area contributed by atoms with Crippen molar-refractivity contribution in [2.24, 2.45) is 5.92 Å². The van der Waals surface area contributed by atoms with Crippen LogP contribution in [0.3, 0.4) is 0 Å². The highest BCUT2D eigenvalue weighted by Crippen LogP contribution is 2.15. The monoisotopic (exact) mass is 353 g/mol. The van der Waals surface area contributed by atoms with Crippen LogP contribution in [-0.2, 0) is 0 Å². The van der Waals surface area contributed by atoms with Crippen molar-refractivity contribution in [1.82, 2.24) is 15.5 Å². The Bertz CT molecular complexity index is 521. The Kier molecular flexibility index (Phi) is 9.45. The van der Waals surface area contributed by atoms with Crippen LogP contribution >= 0.6 is 0 Å². The van der Waals surface area contributed by atoms with Crippen LogP contribution in [0.4, 0.5) is 9.18 Å². The van der Waals surface area contributed by atoms with Crippen LogP contribution < -0.4 is 10.6 Å². The van der Waals surface area contributed by atoms with Crippen LogP contribution in [0.5, 0.6) is 0 Å². The van der Waals surface area contributed by atoms with Gasteiger partial charge in [-0.15, -0.1) is 0 Å². The first-order valence-electron chi connectivity index (χ1n) is 9.07. The fraction of sp³-hybridized carbons (Fsp3) is 0.632. The van der Waals surface area contributed by atoms with Gasteiger partial charge >= 0.3 is 6.03 Å². The van der Waals surface area contributed by atoms with Crippen LogP contribution in [-0.4, -0.2) is 48.3 Å². The predicted octanol–water partition coefficient (Wildman–Crippen LogP) is 2.91. The van der Waals surface area contributed by atoms with Gasteiger partial charge in [0.2, 0.25) is 0 Å². The lowest BCUT2D eigenvalue weighted by atomic mass is 10.0. The Morgan fingerprint density at radius 3 is 2.32 bits per heavy atom. The largest absolute Gasteiger partial charge is 0.386 e. The molecule has 1 rings (SSSR count). The van der Waals surface area contributed by atoms with Crippen molar-refractivity contribution in [3.05, 3.63) is 35.6 Å². The molecule has 0 aliphatic heterocycles. The minimum Gasteiger partial charge on any atom is -0.386 e. The van der Waals surface area contributed by atoms with Crippen LogP contribution in [0.15, 0.2) is 24.3 Å². The van der Waals surface area contributed by atoms with Crippen molar-refractivity contribution < 1.29 is 14.3 Å². The summed E-state index contributed by atoms with van der Waals surface area (Å²) in [5.74, 6) is 0.0640. The third kappa shape index (κ3) is 7.40. The number of nitrogens with one attached hydrogen (secondary N) is 2. The maximum Gasteiger partial charge on any atom is 0.314 e. The third-order valence-corrected chi connectivity index (χ3v) is 4.29. The number of amides is 2. The second kappa shape index (κ2) is 11.1. The Hall–Kier alpha value is -1.66. The van der Waals surface area contributed by atoms with Crippen molar-refractivity contribution in [1.29, 1.82) is 0 Å². The standard InChI is InChI=1S/C19H32FN3O2/c1-5-23(6-2)15(11-14(3)4)12-21-19(25)22-13-18(24)16-9-7-8-10-17(16)20/h7-10,14-15,18,24H,5-6,11-13H2,1-4H3,(H2,21,22,25). The molecule has 0 radical (unpaired) electrons. The van der Waals surface area contributed by atoms with E-state index in [4.69, 9.17) is 0 Å². The summed E-state index contributed by atoms with van der Waals surface area (Å²) in [6.07, 6.45) is -0.0685. The Labute approximate surface area is 150 Å². The van der Waals surface area contributed by atoms with Gasteiger partial charge in [-0.1, -0.05) is 45.9 Å². The number of nitrogens with zero attached hydrogens (tertiary/aromatic N) is 1.